The van der Waals surface area contributed by atoms with Crippen LogP contribution in [0, 0.1) is 5.41 Å². The maximum Gasteiger partial charge on any atom is 0.119 e. The summed E-state index contributed by atoms with van der Waals surface area (Å²) in [5, 5.41) is 3.62. The Morgan fingerprint density at radius 3 is 2.68 bits per heavy atom. The molecule has 0 spiro atoms. The summed E-state index contributed by atoms with van der Waals surface area (Å²) in [6.45, 7) is 5.34. The van der Waals surface area contributed by atoms with E-state index in [1.54, 1.807) is 14.2 Å². The van der Waals surface area contributed by atoms with Crippen LogP contribution in [0.5, 0.6) is 5.75 Å². The number of methoxy groups -OCH3 is 2. The zero-order valence-electron chi connectivity index (χ0n) is 12.0. The lowest BCUT2D eigenvalue weighted by atomic mass is 9.64. The van der Waals surface area contributed by atoms with E-state index in [0.29, 0.717) is 12.1 Å². The molecule has 0 bridgehead atoms. The van der Waals surface area contributed by atoms with E-state index in [2.05, 4.69) is 41.2 Å². The third kappa shape index (κ3) is 2.96. The van der Waals surface area contributed by atoms with Crippen LogP contribution in [-0.2, 0) is 11.3 Å². The second kappa shape index (κ2) is 5.81. The minimum Gasteiger partial charge on any atom is -0.497 e. The van der Waals surface area contributed by atoms with Gasteiger partial charge < -0.3 is 14.8 Å². The molecular weight excluding hydrogens is 306 g/mol. The van der Waals surface area contributed by atoms with Gasteiger partial charge in [-0.1, -0.05) is 29.8 Å². The predicted molar refractivity (Wildman–Crippen MR) is 80.5 cm³/mol. The van der Waals surface area contributed by atoms with E-state index in [1.165, 1.54) is 5.56 Å². The van der Waals surface area contributed by atoms with Gasteiger partial charge in [-0.2, -0.15) is 0 Å². The fourth-order valence-corrected chi connectivity index (χ4v) is 3.07. The highest BCUT2D eigenvalue weighted by molar-refractivity contribution is 9.10. The molecule has 0 heterocycles. The molecule has 4 heteroatoms. The summed E-state index contributed by atoms with van der Waals surface area (Å²) in [6, 6.07) is 6.55. The van der Waals surface area contributed by atoms with Crippen LogP contribution < -0.4 is 10.1 Å². The lowest BCUT2D eigenvalue weighted by Gasteiger charge is -2.51. The van der Waals surface area contributed by atoms with Gasteiger partial charge in [0.05, 0.1) is 13.2 Å². The van der Waals surface area contributed by atoms with Gasteiger partial charge >= 0.3 is 0 Å². The SMILES string of the molecule is COc1ccc(Br)c(CNC2CC(OC)C2(C)C)c1. The minimum atomic E-state index is 0.195. The van der Waals surface area contributed by atoms with Crippen LogP contribution in [0.25, 0.3) is 0 Å². The summed E-state index contributed by atoms with van der Waals surface area (Å²) in [5.41, 5.74) is 1.41. The van der Waals surface area contributed by atoms with Crippen molar-refractivity contribution in [2.75, 3.05) is 14.2 Å². The van der Waals surface area contributed by atoms with Crippen LogP contribution in [0.2, 0.25) is 0 Å². The van der Waals surface area contributed by atoms with E-state index < -0.39 is 0 Å². The highest BCUT2D eigenvalue weighted by Crippen LogP contribution is 2.42. The molecule has 0 saturated heterocycles. The fraction of sp³-hybridized carbons (Fsp3) is 0.600. The average molecular weight is 328 g/mol. The van der Waals surface area contributed by atoms with Crippen LogP contribution in [-0.4, -0.2) is 26.4 Å². The number of hydrogen-bond donors (Lipinski definition) is 1. The number of nitrogens with one attached hydrogen (secondary N) is 1. The molecular formula is C15H22BrNO2. The molecule has 1 aliphatic carbocycles. The molecule has 2 atom stereocenters. The van der Waals surface area contributed by atoms with Crippen molar-refractivity contribution in [1.29, 1.82) is 0 Å². The van der Waals surface area contributed by atoms with Crippen molar-refractivity contribution >= 4 is 15.9 Å². The van der Waals surface area contributed by atoms with E-state index in [1.807, 2.05) is 12.1 Å². The minimum absolute atomic E-state index is 0.195. The van der Waals surface area contributed by atoms with Gasteiger partial charge in [0, 0.05) is 29.6 Å². The van der Waals surface area contributed by atoms with Crippen molar-refractivity contribution in [3.8, 4) is 5.75 Å². The lowest BCUT2D eigenvalue weighted by Crippen LogP contribution is -2.60. The van der Waals surface area contributed by atoms with Gasteiger partial charge in [-0.25, -0.2) is 0 Å². The first-order valence-corrected chi connectivity index (χ1v) is 7.37. The molecule has 0 amide bonds. The average Bonchev–Trinajstić information content (AvgIpc) is 2.39. The van der Waals surface area contributed by atoms with Crippen LogP contribution in [0.1, 0.15) is 25.8 Å². The van der Waals surface area contributed by atoms with Crippen molar-refractivity contribution in [3.05, 3.63) is 28.2 Å². The summed E-state index contributed by atoms with van der Waals surface area (Å²) >= 11 is 3.58. The number of ether oxygens (including phenoxy) is 2. The van der Waals surface area contributed by atoms with Gasteiger partial charge in [-0.15, -0.1) is 0 Å². The Balaban J connectivity index is 1.97. The highest BCUT2D eigenvalue weighted by Gasteiger charge is 2.48. The van der Waals surface area contributed by atoms with Gasteiger partial charge in [-0.3, -0.25) is 0 Å². The molecule has 3 nitrogen and oxygen atoms in total. The van der Waals surface area contributed by atoms with Gasteiger partial charge in [0.2, 0.25) is 0 Å². The number of hydrogen-bond acceptors (Lipinski definition) is 3. The Bertz CT molecular complexity index is 448. The van der Waals surface area contributed by atoms with Crippen molar-refractivity contribution in [3.63, 3.8) is 0 Å². The van der Waals surface area contributed by atoms with Crippen LogP contribution in [0.3, 0.4) is 0 Å². The van der Waals surface area contributed by atoms with Crippen molar-refractivity contribution in [2.24, 2.45) is 5.41 Å². The normalized spacial score (nSPS) is 24.9. The van der Waals surface area contributed by atoms with E-state index in [-0.39, 0.29) is 5.41 Å². The molecule has 2 rings (SSSR count). The number of halogens is 1. The largest absolute Gasteiger partial charge is 0.497 e. The monoisotopic (exact) mass is 327 g/mol. The summed E-state index contributed by atoms with van der Waals surface area (Å²) in [5.74, 6) is 0.891. The Hall–Kier alpha value is -0.580. The maximum atomic E-state index is 5.47. The quantitative estimate of drug-likeness (QED) is 0.899. The first-order chi connectivity index (χ1) is 8.98. The summed E-state index contributed by atoms with van der Waals surface area (Å²) < 4.78 is 11.9. The highest BCUT2D eigenvalue weighted by atomic mass is 79.9. The molecule has 1 fully saturated rings. The van der Waals surface area contributed by atoms with E-state index in [4.69, 9.17) is 9.47 Å². The lowest BCUT2D eigenvalue weighted by molar-refractivity contribution is -0.0979. The first-order valence-electron chi connectivity index (χ1n) is 6.57. The first kappa shape index (κ1) is 14.8. The second-order valence-corrected chi connectivity index (χ2v) is 6.53. The van der Waals surface area contributed by atoms with Crippen molar-refractivity contribution in [1.82, 2.24) is 5.32 Å². The Morgan fingerprint density at radius 2 is 2.11 bits per heavy atom. The maximum absolute atomic E-state index is 5.47. The Morgan fingerprint density at radius 1 is 1.37 bits per heavy atom. The van der Waals surface area contributed by atoms with E-state index in [9.17, 15) is 0 Å². The molecule has 1 aromatic carbocycles. The molecule has 1 saturated carbocycles. The van der Waals surface area contributed by atoms with E-state index in [0.717, 1.165) is 23.2 Å². The molecule has 2 unspecified atom stereocenters. The molecule has 1 aliphatic rings. The number of rotatable bonds is 5. The molecule has 1 N–H and O–H groups in total. The van der Waals surface area contributed by atoms with Gasteiger partial charge in [0.15, 0.2) is 0 Å². The van der Waals surface area contributed by atoms with Crippen molar-refractivity contribution in [2.45, 2.75) is 39.0 Å². The second-order valence-electron chi connectivity index (χ2n) is 5.67. The third-order valence-electron chi connectivity index (χ3n) is 4.25. The van der Waals surface area contributed by atoms with Gasteiger partial charge in [0.25, 0.3) is 0 Å². The fourth-order valence-electron chi connectivity index (χ4n) is 2.68. The number of benzene rings is 1. The van der Waals surface area contributed by atoms with Crippen LogP contribution in [0.4, 0.5) is 0 Å². The molecule has 1 aromatic rings. The van der Waals surface area contributed by atoms with Crippen LogP contribution >= 0.6 is 15.9 Å². The Kier molecular flexibility index (Phi) is 4.54. The molecule has 106 valence electrons. The van der Waals surface area contributed by atoms with Crippen molar-refractivity contribution < 1.29 is 9.47 Å². The van der Waals surface area contributed by atoms with E-state index >= 15 is 0 Å². The van der Waals surface area contributed by atoms with Gasteiger partial charge in [0.1, 0.15) is 5.75 Å². The smallest absolute Gasteiger partial charge is 0.119 e. The topological polar surface area (TPSA) is 30.5 Å². The summed E-state index contributed by atoms with van der Waals surface area (Å²) in [6.07, 6.45) is 1.43. The zero-order chi connectivity index (χ0) is 14.0. The zero-order valence-corrected chi connectivity index (χ0v) is 13.6. The molecule has 19 heavy (non-hydrogen) atoms. The molecule has 0 aromatic heterocycles. The summed E-state index contributed by atoms with van der Waals surface area (Å²) in [4.78, 5) is 0. The third-order valence-corrected chi connectivity index (χ3v) is 5.03. The molecule has 0 aliphatic heterocycles. The standard InChI is InChI=1S/C15H22BrNO2/c1-15(2)13(8-14(15)19-4)17-9-10-7-11(18-3)5-6-12(10)16/h5-7,13-14,17H,8-9H2,1-4H3. The summed E-state index contributed by atoms with van der Waals surface area (Å²) in [7, 11) is 3.49. The van der Waals surface area contributed by atoms with Gasteiger partial charge in [-0.05, 0) is 30.2 Å². The Labute approximate surface area is 123 Å². The van der Waals surface area contributed by atoms with Crippen LogP contribution in [0.15, 0.2) is 22.7 Å². The predicted octanol–water partition coefficient (Wildman–Crippen LogP) is 3.36. The molecule has 0 radical (unpaired) electrons.